The highest BCUT2D eigenvalue weighted by Gasteiger charge is 2.15. The molecule has 7 heteroatoms. The summed E-state index contributed by atoms with van der Waals surface area (Å²) in [6.45, 7) is 2.50. The second kappa shape index (κ2) is 6.61. The van der Waals surface area contributed by atoms with E-state index in [4.69, 9.17) is 4.74 Å². The van der Waals surface area contributed by atoms with Gasteiger partial charge in [0.15, 0.2) is 0 Å². The van der Waals surface area contributed by atoms with Crippen molar-refractivity contribution in [2.24, 2.45) is 0 Å². The zero-order valence-corrected chi connectivity index (χ0v) is 14.7. The van der Waals surface area contributed by atoms with Gasteiger partial charge in [0.2, 0.25) is 0 Å². The number of thiophene rings is 1. The van der Waals surface area contributed by atoms with Crippen LogP contribution in [0, 0.1) is 0 Å². The Morgan fingerprint density at radius 2 is 2.04 bits per heavy atom. The maximum absolute atomic E-state index is 12.6. The number of pyridine rings is 1. The fraction of sp³-hybridized carbons (Fsp3) is 0.105. The summed E-state index contributed by atoms with van der Waals surface area (Å²) in [5.41, 5.74) is 1.04. The number of fused-ring (bicyclic) bond motifs is 2. The van der Waals surface area contributed by atoms with Crippen LogP contribution in [-0.2, 0) is 0 Å². The molecule has 1 N–H and O–H groups in total. The average molecular weight is 365 g/mol. The van der Waals surface area contributed by atoms with Crippen LogP contribution in [0.25, 0.3) is 15.9 Å². The first-order chi connectivity index (χ1) is 12.7. The molecule has 26 heavy (non-hydrogen) atoms. The average Bonchev–Trinajstić information content (AvgIpc) is 3.08. The molecule has 0 saturated heterocycles. The van der Waals surface area contributed by atoms with Crippen molar-refractivity contribution < 1.29 is 9.53 Å². The third kappa shape index (κ3) is 2.93. The van der Waals surface area contributed by atoms with Crippen LogP contribution in [0.3, 0.4) is 0 Å². The monoisotopic (exact) mass is 365 g/mol. The van der Waals surface area contributed by atoms with Gasteiger partial charge in [-0.15, -0.1) is 11.3 Å². The number of benzene rings is 1. The lowest BCUT2D eigenvalue weighted by atomic mass is 10.3. The quantitative estimate of drug-likeness (QED) is 0.600. The first-order valence-corrected chi connectivity index (χ1v) is 8.92. The minimum absolute atomic E-state index is 0.179. The van der Waals surface area contributed by atoms with Crippen LogP contribution in [-0.4, -0.2) is 21.9 Å². The first kappa shape index (κ1) is 16.3. The lowest BCUT2D eigenvalue weighted by Gasteiger charge is -2.05. The summed E-state index contributed by atoms with van der Waals surface area (Å²) in [6, 6.07) is 14.1. The third-order valence-electron chi connectivity index (χ3n) is 3.86. The van der Waals surface area contributed by atoms with E-state index >= 15 is 0 Å². The molecular formula is C19H15N3O3S. The Morgan fingerprint density at radius 1 is 1.23 bits per heavy atom. The summed E-state index contributed by atoms with van der Waals surface area (Å²) in [5, 5.41) is 3.27. The molecule has 0 atom stereocenters. The topological polar surface area (TPSA) is 72.7 Å². The third-order valence-corrected chi connectivity index (χ3v) is 4.89. The van der Waals surface area contributed by atoms with E-state index in [-0.39, 0.29) is 11.5 Å². The molecule has 0 aliphatic heterocycles. The molecule has 4 rings (SSSR count). The van der Waals surface area contributed by atoms with Gasteiger partial charge in [0.25, 0.3) is 11.5 Å². The number of carbonyl (C=O) groups excluding carboxylic acids is 1. The van der Waals surface area contributed by atoms with Crippen molar-refractivity contribution in [2.45, 2.75) is 6.92 Å². The number of nitrogens with one attached hydrogen (secondary N) is 1. The second-order valence-electron chi connectivity index (χ2n) is 5.59. The molecule has 0 fully saturated rings. The highest BCUT2D eigenvalue weighted by Crippen LogP contribution is 2.23. The van der Waals surface area contributed by atoms with Crippen LogP contribution in [0.4, 0.5) is 5.69 Å². The molecule has 130 valence electrons. The molecule has 0 aliphatic carbocycles. The van der Waals surface area contributed by atoms with Crippen molar-refractivity contribution in [1.82, 2.24) is 9.38 Å². The predicted molar refractivity (Wildman–Crippen MR) is 102 cm³/mol. The van der Waals surface area contributed by atoms with E-state index in [2.05, 4.69) is 10.3 Å². The highest BCUT2D eigenvalue weighted by molar-refractivity contribution is 7.20. The standard InChI is InChI=1S/C19H15N3O3S/c1-2-25-13-8-6-12(7-9-13)20-17(23)15-11-14-18(26-15)21-16-5-3-4-10-22(16)19(14)24/h3-11H,2H2,1H3,(H,20,23). The largest absolute Gasteiger partial charge is 0.494 e. The first-order valence-electron chi connectivity index (χ1n) is 8.11. The Bertz CT molecular complexity index is 1160. The molecule has 0 unspecified atom stereocenters. The van der Waals surface area contributed by atoms with Gasteiger partial charge in [-0.25, -0.2) is 4.98 Å². The van der Waals surface area contributed by atoms with Crippen molar-refractivity contribution in [2.75, 3.05) is 11.9 Å². The van der Waals surface area contributed by atoms with Crippen molar-refractivity contribution in [3.8, 4) is 5.75 Å². The van der Waals surface area contributed by atoms with Gasteiger partial charge < -0.3 is 10.1 Å². The Labute approximate surface area is 152 Å². The molecule has 6 nitrogen and oxygen atoms in total. The van der Waals surface area contributed by atoms with Gasteiger partial charge in [0, 0.05) is 11.9 Å². The summed E-state index contributed by atoms with van der Waals surface area (Å²) < 4.78 is 6.86. The van der Waals surface area contributed by atoms with E-state index in [0.717, 1.165) is 5.75 Å². The summed E-state index contributed by atoms with van der Waals surface area (Å²) >= 11 is 1.20. The van der Waals surface area contributed by atoms with Gasteiger partial charge >= 0.3 is 0 Å². The summed E-state index contributed by atoms with van der Waals surface area (Å²) in [4.78, 5) is 30.6. The zero-order chi connectivity index (χ0) is 18.1. The van der Waals surface area contributed by atoms with Crippen LogP contribution in [0.2, 0.25) is 0 Å². The second-order valence-corrected chi connectivity index (χ2v) is 6.62. The number of hydrogen-bond acceptors (Lipinski definition) is 5. The number of ether oxygens (including phenoxy) is 1. The number of amides is 1. The van der Waals surface area contributed by atoms with Crippen molar-refractivity contribution in [3.05, 3.63) is 70.0 Å². The molecular weight excluding hydrogens is 350 g/mol. The molecule has 4 aromatic rings. The summed E-state index contributed by atoms with van der Waals surface area (Å²) in [6.07, 6.45) is 1.67. The Morgan fingerprint density at radius 3 is 2.81 bits per heavy atom. The van der Waals surface area contributed by atoms with Crippen molar-refractivity contribution in [1.29, 1.82) is 0 Å². The molecule has 0 spiro atoms. The van der Waals surface area contributed by atoms with Crippen LogP contribution in [0.15, 0.2) is 59.5 Å². The van der Waals surface area contributed by atoms with Gasteiger partial charge in [-0.1, -0.05) is 6.07 Å². The summed E-state index contributed by atoms with van der Waals surface area (Å²) in [7, 11) is 0. The fourth-order valence-corrected chi connectivity index (χ4v) is 3.58. The minimum Gasteiger partial charge on any atom is -0.494 e. The molecule has 0 bridgehead atoms. The van der Waals surface area contributed by atoms with Crippen molar-refractivity contribution in [3.63, 3.8) is 0 Å². The smallest absolute Gasteiger partial charge is 0.266 e. The molecule has 1 amide bonds. The van der Waals surface area contributed by atoms with Gasteiger partial charge in [0.1, 0.15) is 16.2 Å². The lowest BCUT2D eigenvalue weighted by Crippen LogP contribution is -2.13. The molecule has 1 aromatic carbocycles. The number of aromatic nitrogens is 2. The molecule has 3 heterocycles. The number of nitrogens with zero attached hydrogens (tertiary/aromatic N) is 2. The number of rotatable bonds is 4. The van der Waals surface area contributed by atoms with E-state index in [1.54, 1.807) is 48.7 Å². The number of carbonyl (C=O) groups is 1. The van der Waals surface area contributed by atoms with E-state index in [1.807, 2.05) is 13.0 Å². The van der Waals surface area contributed by atoms with Gasteiger partial charge in [-0.3, -0.25) is 14.0 Å². The van der Waals surface area contributed by atoms with Crippen molar-refractivity contribution >= 4 is 38.8 Å². The van der Waals surface area contributed by atoms with Gasteiger partial charge in [0.05, 0.1) is 16.9 Å². The van der Waals surface area contributed by atoms with E-state index in [0.29, 0.717) is 33.0 Å². The maximum Gasteiger partial charge on any atom is 0.266 e. The Kier molecular flexibility index (Phi) is 4.14. The van der Waals surface area contributed by atoms with Gasteiger partial charge in [-0.05, 0) is 49.4 Å². The predicted octanol–water partition coefficient (Wildman–Crippen LogP) is 3.56. The molecule has 0 radical (unpaired) electrons. The Hall–Kier alpha value is -3.19. The highest BCUT2D eigenvalue weighted by atomic mass is 32.1. The normalized spacial score (nSPS) is 11.0. The SMILES string of the molecule is CCOc1ccc(NC(=O)c2cc3c(=O)n4ccccc4nc3s2)cc1. The lowest BCUT2D eigenvalue weighted by molar-refractivity contribution is 0.103. The summed E-state index contributed by atoms with van der Waals surface area (Å²) in [5.74, 6) is 0.474. The fourth-order valence-electron chi connectivity index (χ4n) is 2.65. The van der Waals surface area contributed by atoms with Crippen LogP contribution in [0.1, 0.15) is 16.6 Å². The number of anilines is 1. The van der Waals surface area contributed by atoms with E-state index < -0.39 is 0 Å². The molecule has 0 saturated carbocycles. The van der Waals surface area contributed by atoms with E-state index in [1.165, 1.54) is 15.7 Å². The van der Waals surface area contributed by atoms with Gasteiger partial charge in [-0.2, -0.15) is 0 Å². The minimum atomic E-state index is -0.273. The number of hydrogen-bond donors (Lipinski definition) is 1. The Balaban J connectivity index is 1.65. The van der Waals surface area contributed by atoms with Crippen LogP contribution < -0.4 is 15.6 Å². The van der Waals surface area contributed by atoms with Crippen LogP contribution in [0.5, 0.6) is 5.75 Å². The van der Waals surface area contributed by atoms with E-state index in [9.17, 15) is 9.59 Å². The zero-order valence-electron chi connectivity index (χ0n) is 13.9. The molecule has 3 aromatic heterocycles. The van der Waals surface area contributed by atoms with Crippen LogP contribution >= 0.6 is 11.3 Å². The maximum atomic E-state index is 12.6. The molecule has 0 aliphatic rings.